The molecule has 5 nitrogen and oxygen atoms in total. The van der Waals surface area contributed by atoms with Crippen molar-refractivity contribution < 1.29 is 13.9 Å². The molecule has 0 aliphatic carbocycles. The van der Waals surface area contributed by atoms with Gasteiger partial charge in [0.1, 0.15) is 12.8 Å². The smallest absolute Gasteiger partial charge is 0.211 e. The number of hydrogen-bond donors (Lipinski definition) is 0. The Labute approximate surface area is 232 Å². The zero-order valence-electron chi connectivity index (χ0n) is 22.7. The van der Waals surface area contributed by atoms with Gasteiger partial charge in [-0.1, -0.05) is 97.4 Å². The molecule has 1 aliphatic rings. The molecule has 200 valence electrons. The zero-order valence-corrected chi connectivity index (χ0v) is 24.5. The van der Waals surface area contributed by atoms with Crippen molar-refractivity contribution in [2.24, 2.45) is 5.92 Å². The predicted molar refractivity (Wildman–Crippen MR) is 158 cm³/mol. The molecule has 3 unspecified atom stereocenters. The van der Waals surface area contributed by atoms with Crippen LogP contribution in [0.15, 0.2) is 84.9 Å². The molecule has 3 aromatic rings. The summed E-state index contributed by atoms with van der Waals surface area (Å²) in [6.07, 6.45) is 4.20. The minimum Gasteiger partial charge on any atom is -0.399 e. The predicted octanol–water partition coefficient (Wildman–Crippen LogP) is 7.38. The minimum atomic E-state index is -2.05. The first-order valence-electron chi connectivity index (χ1n) is 13.4. The second kappa shape index (κ2) is 11.9. The van der Waals surface area contributed by atoms with Crippen LogP contribution in [0.25, 0.3) is 0 Å². The van der Waals surface area contributed by atoms with E-state index in [0.717, 1.165) is 36.1 Å². The molecule has 7 heteroatoms. The van der Waals surface area contributed by atoms with E-state index in [4.69, 9.17) is 16.0 Å². The molecule has 38 heavy (non-hydrogen) atoms. The molecular weight excluding hydrogens is 512 g/mol. The average Bonchev–Trinajstić information content (AvgIpc) is 3.35. The van der Waals surface area contributed by atoms with Gasteiger partial charge in [0.25, 0.3) is 0 Å². The summed E-state index contributed by atoms with van der Waals surface area (Å²) < 4.78 is 9.67. The highest BCUT2D eigenvalue weighted by atomic mass is 35.5. The van der Waals surface area contributed by atoms with E-state index in [1.165, 1.54) is 0 Å². The van der Waals surface area contributed by atoms with Gasteiger partial charge in [-0.25, -0.2) is 4.58 Å². The van der Waals surface area contributed by atoms with E-state index in [1.54, 1.807) is 0 Å². The third-order valence-corrected chi connectivity index (χ3v) is 8.63. The fraction of sp³-hybridized carbons (Fsp3) is 0.387. The number of nitrogens with zero attached hydrogens (tertiary/aromatic N) is 2. The van der Waals surface area contributed by atoms with Crippen molar-refractivity contribution in [3.63, 3.8) is 0 Å². The maximum atomic E-state index is 11.7. The van der Waals surface area contributed by atoms with E-state index in [-0.39, 0.29) is 29.3 Å². The Morgan fingerprint density at radius 1 is 1.03 bits per heavy atom. The highest BCUT2D eigenvalue weighted by molar-refractivity contribution is 6.69. The van der Waals surface area contributed by atoms with Crippen LogP contribution in [0.3, 0.4) is 0 Å². The van der Waals surface area contributed by atoms with E-state index in [1.807, 2.05) is 36.4 Å². The van der Waals surface area contributed by atoms with Crippen molar-refractivity contribution in [3.05, 3.63) is 117 Å². The molecule has 0 amide bonds. The standard InChI is InChI=1S/C31H38ClN2O3Si/c1-24(28(23-34(35)36)27-18-11-12-19-29(27)32)22-33-21-13-20-30(33)31(37-38(2,3)4,25-14-7-5-8-15-25)26-16-9-6-10-17-26/h5-12,14-19,22,24,28,30H,13,20-21,23H2,1-4H3/q+1. The highest BCUT2D eigenvalue weighted by Gasteiger charge is 2.53. The molecule has 1 heterocycles. The maximum Gasteiger partial charge on any atom is 0.211 e. The molecule has 3 atom stereocenters. The quantitative estimate of drug-likeness (QED) is 0.115. The summed E-state index contributed by atoms with van der Waals surface area (Å²) >= 11 is 6.53. The van der Waals surface area contributed by atoms with Crippen LogP contribution in [0.4, 0.5) is 0 Å². The van der Waals surface area contributed by atoms with Crippen molar-refractivity contribution >= 4 is 26.1 Å². The second-order valence-electron chi connectivity index (χ2n) is 11.2. The SMILES string of the molecule is CC(C=[N+]1CCCC1C(O[Si](C)(C)C)(c1ccccc1)c1ccccc1)C(C[N+](=O)[O-])c1ccccc1Cl. The Morgan fingerprint density at radius 2 is 1.58 bits per heavy atom. The summed E-state index contributed by atoms with van der Waals surface area (Å²) in [5.74, 6) is -0.433. The van der Waals surface area contributed by atoms with Gasteiger partial charge in [0.05, 0.1) is 5.92 Å². The first kappa shape index (κ1) is 28.2. The van der Waals surface area contributed by atoms with Crippen molar-refractivity contribution in [2.45, 2.75) is 57.0 Å². The summed E-state index contributed by atoms with van der Waals surface area (Å²) in [5, 5.41) is 12.3. The zero-order chi connectivity index (χ0) is 27.3. The van der Waals surface area contributed by atoms with Gasteiger partial charge in [-0.2, -0.15) is 0 Å². The van der Waals surface area contributed by atoms with E-state index in [2.05, 4.69) is 85.9 Å². The van der Waals surface area contributed by atoms with Crippen LogP contribution in [0, 0.1) is 16.0 Å². The molecule has 0 N–H and O–H groups in total. The van der Waals surface area contributed by atoms with E-state index in [0.29, 0.717) is 5.02 Å². The minimum absolute atomic E-state index is 0.0453. The van der Waals surface area contributed by atoms with E-state index < -0.39 is 13.9 Å². The van der Waals surface area contributed by atoms with Crippen LogP contribution in [-0.4, -0.2) is 43.2 Å². The fourth-order valence-corrected chi connectivity index (χ4v) is 7.50. The fourth-order valence-electron chi connectivity index (χ4n) is 5.89. The average molecular weight is 550 g/mol. The number of hydrogen-bond acceptors (Lipinski definition) is 3. The van der Waals surface area contributed by atoms with Gasteiger partial charge in [-0.3, -0.25) is 10.1 Å². The summed E-state index contributed by atoms with van der Waals surface area (Å²) in [6, 6.07) is 28.6. The summed E-state index contributed by atoms with van der Waals surface area (Å²) in [7, 11) is -2.05. The lowest BCUT2D eigenvalue weighted by Gasteiger charge is -2.42. The Balaban J connectivity index is 1.85. The molecule has 0 radical (unpaired) electrons. The van der Waals surface area contributed by atoms with E-state index >= 15 is 0 Å². The topological polar surface area (TPSA) is 55.4 Å². The third-order valence-electron chi connectivity index (χ3n) is 7.35. The third kappa shape index (κ3) is 6.25. The molecule has 0 aromatic heterocycles. The van der Waals surface area contributed by atoms with Gasteiger partial charge >= 0.3 is 0 Å². The van der Waals surface area contributed by atoms with Crippen molar-refractivity contribution in [1.29, 1.82) is 0 Å². The number of halogens is 1. The lowest BCUT2D eigenvalue weighted by atomic mass is 9.79. The largest absolute Gasteiger partial charge is 0.399 e. The highest BCUT2D eigenvalue weighted by Crippen LogP contribution is 2.44. The Morgan fingerprint density at radius 3 is 2.11 bits per heavy atom. The molecule has 3 aromatic carbocycles. The molecule has 0 spiro atoms. The lowest BCUT2D eigenvalue weighted by molar-refractivity contribution is -0.560. The first-order chi connectivity index (χ1) is 18.1. The summed E-state index contributed by atoms with van der Waals surface area (Å²) in [5.41, 5.74) is 2.43. The normalized spacial score (nSPS) is 18.9. The summed E-state index contributed by atoms with van der Waals surface area (Å²) in [6.45, 7) is 9.49. The van der Waals surface area contributed by atoms with Gasteiger partial charge in [-0.15, -0.1) is 0 Å². The molecule has 1 fully saturated rings. The second-order valence-corrected chi connectivity index (χ2v) is 16.1. The van der Waals surface area contributed by atoms with Crippen LogP contribution in [0.2, 0.25) is 24.7 Å². The Kier molecular flexibility index (Phi) is 8.86. The molecule has 1 aliphatic heterocycles. The first-order valence-corrected chi connectivity index (χ1v) is 17.2. The van der Waals surface area contributed by atoms with E-state index in [9.17, 15) is 10.1 Å². The van der Waals surface area contributed by atoms with Crippen LogP contribution in [0.5, 0.6) is 0 Å². The molecule has 0 bridgehead atoms. The van der Waals surface area contributed by atoms with Gasteiger partial charge < -0.3 is 4.43 Å². The molecule has 4 rings (SSSR count). The van der Waals surface area contributed by atoms with Crippen LogP contribution < -0.4 is 0 Å². The van der Waals surface area contributed by atoms with Gasteiger partial charge in [0.2, 0.25) is 6.54 Å². The van der Waals surface area contributed by atoms with Crippen LogP contribution in [0.1, 0.15) is 42.4 Å². The Hall–Kier alpha value is -2.80. The maximum absolute atomic E-state index is 11.7. The van der Waals surface area contributed by atoms with Crippen LogP contribution >= 0.6 is 11.6 Å². The number of nitro groups is 1. The van der Waals surface area contributed by atoms with Gasteiger partial charge in [0, 0.05) is 28.7 Å². The number of benzene rings is 3. The lowest BCUT2D eigenvalue weighted by Crippen LogP contribution is -2.52. The van der Waals surface area contributed by atoms with Crippen LogP contribution in [-0.2, 0) is 10.0 Å². The Bertz CT molecular complexity index is 1220. The molecule has 1 saturated heterocycles. The van der Waals surface area contributed by atoms with Gasteiger partial charge in [-0.05, 0) is 42.4 Å². The summed E-state index contributed by atoms with van der Waals surface area (Å²) in [4.78, 5) is 11.5. The molecule has 0 saturated carbocycles. The monoisotopic (exact) mass is 549 g/mol. The van der Waals surface area contributed by atoms with Crippen molar-refractivity contribution in [3.8, 4) is 0 Å². The van der Waals surface area contributed by atoms with Crippen molar-refractivity contribution in [2.75, 3.05) is 13.1 Å². The van der Waals surface area contributed by atoms with Gasteiger partial charge in [0.15, 0.2) is 20.0 Å². The van der Waals surface area contributed by atoms with Crippen molar-refractivity contribution in [1.82, 2.24) is 0 Å². The molecular formula is C31H38ClN2O3Si+. The number of rotatable bonds is 10.